The van der Waals surface area contributed by atoms with Gasteiger partial charge in [-0.25, -0.2) is 4.98 Å². The molecule has 0 atom stereocenters. The number of halogens is 1. The van der Waals surface area contributed by atoms with Gasteiger partial charge in [-0.2, -0.15) is 0 Å². The Bertz CT molecular complexity index is 572. The van der Waals surface area contributed by atoms with E-state index in [0.29, 0.717) is 10.0 Å². The van der Waals surface area contributed by atoms with Crippen molar-refractivity contribution in [1.82, 2.24) is 4.98 Å². The summed E-state index contributed by atoms with van der Waals surface area (Å²) in [6.07, 6.45) is 1.66. The predicted octanol–water partition coefficient (Wildman–Crippen LogP) is 3.77. The molecule has 98 valence electrons. The first-order chi connectivity index (χ1) is 9.15. The monoisotopic (exact) mass is 292 g/mol. The molecule has 5 heteroatoms. The number of anilines is 1. The highest BCUT2D eigenvalue weighted by Crippen LogP contribution is 2.24. The molecule has 0 aliphatic heterocycles. The average molecular weight is 293 g/mol. The van der Waals surface area contributed by atoms with E-state index in [0.717, 1.165) is 11.3 Å². The van der Waals surface area contributed by atoms with E-state index < -0.39 is 0 Å². The molecule has 2 rings (SSSR count). The summed E-state index contributed by atoms with van der Waals surface area (Å²) in [6.45, 7) is 2.00. The molecule has 1 heterocycles. The van der Waals surface area contributed by atoms with E-state index in [1.807, 2.05) is 31.2 Å². The fourth-order valence-electron chi connectivity index (χ4n) is 1.45. The fraction of sp³-hybridized carbons (Fsp3) is 0.143. The summed E-state index contributed by atoms with van der Waals surface area (Å²) in [4.78, 5) is 15.9. The van der Waals surface area contributed by atoms with Crippen LogP contribution in [-0.4, -0.2) is 16.6 Å². The van der Waals surface area contributed by atoms with Gasteiger partial charge in [-0.1, -0.05) is 41.1 Å². The zero-order valence-corrected chi connectivity index (χ0v) is 12.0. The van der Waals surface area contributed by atoms with Crippen molar-refractivity contribution in [2.24, 2.45) is 0 Å². The van der Waals surface area contributed by atoms with E-state index in [2.05, 4.69) is 10.3 Å². The van der Waals surface area contributed by atoms with Crippen molar-refractivity contribution >= 4 is 35.0 Å². The average Bonchev–Trinajstić information content (AvgIpc) is 2.40. The maximum Gasteiger partial charge on any atom is 0.234 e. The van der Waals surface area contributed by atoms with Crippen molar-refractivity contribution in [3.05, 3.63) is 53.2 Å². The van der Waals surface area contributed by atoms with Gasteiger partial charge in [0.15, 0.2) is 0 Å². The Hall–Kier alpha value is -1.52. The number of aromatic nitrogens is 1. The number of nitrogens with one attached hydrogen (secondary N) is 1. The third kappa shape index (κ3) is 4.26. The van der Waals surface area contributed by atoms with E-state index in [1.165, 1.54) is 11.8 Å². The van der Waals surface area contributed by atoms with E-state index in [-0.39, 0.29) is 11.7 Å². The van der Waals surface area contributed by atoms with Crippen molar-refractivity contribution in [2.45, 2.75) is 11.9 Å². The number of benzene rings is 1. The van der Waals surface area contributed by atoms with E-state index >= 15 is 0 Å². The first-order valence-corrected chi connectivity index (χ1v) is 7.11. The van der Waals surface area contributed by atoms with Crippen LogP contribution >= 0.6 is 23.4 Å². The summed E-state index contributed by atoms with van der Waals surface area (Å²) in [7, 11) is 0. The second kappa shape index (κ2) is 6.59. The molecule has 0 saturated heterocycles. The molecule has 2 aromatic rings. The van der Waals surface area contributed by atoms with Crippen LogP contribution in [0, 0.1) is 6.92 Å². The molecule has 0 aliphatic rings. The van der Waals surface area contributed by atoms with Gasteiger partial charge in [-0.3, -0.25) is 4.79 Å². The van der Waals surface area contributed by atoms with Gasteiger partial charge in [0.25, 0.3) is 0 Å². The van der Waals surface area contributed by atoms with Crippen LogP contribution in [0.5, 0.6) is 0 Å². The third-order valence-electron chi connectivity index (χ3n) is 2.40. The van der Waals surface area contributed by atoms with Crippen LogP contribution in [0.1, 0.15) is 5.56 Å². The normalized spacial score (nSPS) is 10.2. The lowest BCUT2D eigenvalue weighted by molar-refractivity contribution is -0.113. The SMILES string of the molecule is Cc1ccc(NC(=O)CSc2ncccc2Cl)cc1. The minimum absolute atomic E-state index is 0.0735. The van der Waals surface area contributed by atoms with E-state index in [1.54, 1.807) is 18.3 Å². The molecule has 0 spiro atoms. The zero-order chi connectivity index (χ0) is 13.7. The number of carbonyl (C=O) groups excluding carboxylic acids is 1. The smallest absolute Gasteiger partial charge is 0.234 e. The molecule has 1 N–H and O–H groups in total. The van der Waals surface area contributed by atoms with Crippen LogP contribution in [0.3, 0.4) is 0 Å². The number of rotatable bonds is 4. The Kier molecular flexibility index (Phi) is 4.82. The lowest BCUT2D eigenvalue weighted by atomic mass is 10.2. The van der Waals surface area contributed by atoms with Gasteiger partial charge >= 0.3 is 0 Å². The highest BCUT2D eigenvalue weighted by Gasteiger charge is 2.06. The van der Waals surface area contributed by atoms with E-state index in [4.69, 9.17) is 11.6 Å². The molecule has 1 amide bonds. The summed E-state index contributed by atoms with van der Waals surface area (Å²) in [5, 5.41) is 4.06. The molecule has 0 fully saturated rings. The third-order valence-corrected chi connectivity index (χ3v) is 3.82. The largest absolute Gasteiger partial charge is 0.325 e. The number of carbonyl (C=O) groups is 1. The number of hydrogen-bond donors (Lipinski definition) is 1. The molecule has 3 nitrogen and oxygen atoms in total. The lowest BCUT2D eigenvalue weighted by Crippen LogP contribution is -2.14. The van der Waals surface area contributed by atoms with Crippen molar-refractivity contribution in [3.63, 3.8) is 0 Å². The highest BCUT2D eigenvalue weighted by atomic mass is 35.5. The second-order valence-electron chi connectivity index (χ2n) is 3.99. The minimum Gasteiger partial charge on any atom is -0.325 e. The molecule has 0 aliphatic carbocycles. The maximum absolute atomic E-state index is 11.8. The Morgan fingerprint density at radius 2 is 2.05 bits per heavy atom. The zero-order valence-electron chi connectivity index (χ0n) is 10.4. The Morgan fingerprint density at radius 3 is 2.74 bits per heavy atom. The number of nitrogens with zero attached hydrogens (tertiary/aromatic N) is 1. The number of aryl methyl sites for hydroxylation is 1. The quantitative estimate of drug-likeness (QED) is 0.872. The fourth-order valence-corrected chi connectivity index (χ4v) is 2.41. The Balaban J connectivity index is 1.88. The molecule has 0 radical (unpaired) electrons. The van der Waals surface area contributed by atoms with Crippen LogP contribution in [0.4, 0.5) is 5.69 Å². The van der Waals surface area contributed by atoms with Crippen LogP contribution in [0.2, 0.25) is 5.02 Å². The summed E-state index contributed by atoms with van der Waals surface area (Å²) < 4.78 is 0. The van der Waals surface area contributed by atoms with Crippen LogP contribution < -0.4 is 5.32 Å². The minimum atomic E-state index is -0.0735. The van der Waals surface area contributed by atoms with Crippen molar-refractivity contribution in [2.75, 3.05) is 11.1 Å². The van der Waals surface area contributed by atoms with Gasteiger partial charge in [0, 0.05) is 11.9 Å². The number of pyridine rings is 1. The van der Waals surface area contributed by atoms with Crippen molar-refractivity contribution in [1.29, 1.82) is 0 Å². The van der Waals surface area contributed by atoms with Gasteiger partial charge in [-0.15, -0.1) is 0 Å². The summed E-state index contributed by atoms with van der Waals surface area (Å²) in [6, 6.07) is 11.2. The summed E-state index contributed by atoms with van der Waals surface area (Å²) in [5.74, 6) is 0.209. The topological polar surface area (TPSA) is 42.0 Å². The first-order valence-electron chi connectivity index (χ1n) is 5.75. The second-order valence-corrected chi connectivity index (χ2v) is 5.36. The molecule has 19 heavy (non-hydrogen) atoms. The van der Waals surface area contributed by atoms with Gasteiger partial charge < -0.3 is 5.32 Å². The molecule has 0 unspecified atom stereocenters. The summed E-state index contributed by atoms with van der Waals surface area (Å²) in [5.41, 5.74) is 1.95. The summed E-state index contributed by atoms with van der Waals surface area (Å²) >= 11 is 7.29. The molecule has 1 aromatic heterocycles. The van der Waals surface area contributed by atoms with Gasteiger partial charge in [-0.05, 0) is 31.2 Å². The number of thioether (sulfide) groups is 1. The highest BCUT2D eigenvalue weighted by molar-refractivity contribution is 8.00. The van der Waals surface area contributed by atoms with Crippen LogP contribution in [0.15, 0.2) is 47.6 Å². The molecule has 0 saturated carbocycles. The van der Waals surface area contributed by atoms with Crippen LogP contribution in [-0.2, 0) is 4.79 Å². The number of hydrogen-bond acceptors (Lipinski definition) is 3. The molecular weight excluding hydrogens is 280 g/mol. The Labute approximate surface area is 121 Å². The van der Waals surface area contributed by atoms with Gasteiger partial charge in [0.1, 0.15) is 5.03 Å². The lowest BCUT2D eigenvalue weighted by Gasteiger charge is -2.05. The van der Waals surface area contributed by atoms with Crippen molar-refractivity contribution in [3.8, 4) is 0 Å². The van der Waals surface area contributed by atoms with Crippen molar-refractivity contribution < 1.29 is 4.79 Å². The first kappa shape index (κ1) is 13.9. The number of amides is 1. The maximum atomic E-state index is 11.8. The van der Waals surface area contributed by atoms with Crippen LogP contribution in [0.25, 0.3) is 0 Å². The Morgan fingerprint density at radius 1 is 1.32 bits per heavy atom. The van der Waals surface area contributed by atoms with E-state index in [9.17, 15) is 4.79 Å². The van der Waals surface area contributed by atoms with Gasteiger partial charge in [0.2, 0.25) is 5.91 Å². The standard InChI is InChI=1S/C14H13ClN2OS/c1-10-4-6-11(7-5-10)17-13(18)9-19-14-12(15)3-2-8-16-14/h2-8H,9H2,1H3,(H,17,18). The van der Waals surface area contributed by atoms with Gasteiger partial charge in [0.05, 0.1) is 10.8 Å². The molecule has 0 bridgehead atoms. The molecule has 1 aromatic carbocycles. The predicted molar refractivity (Wildman–Crippen MR) is 79.8 cm³/mol. The molecular formula is C14H13ClN2OS.